The Hall–Kier alpha value is 0.247. The minimum Gasteiger partial charge on any atom is -0.351 e. The molecule has 0 aromatic rings. The fraction of sp³-hybridized carbons (Fsp3) is 1.00. The molecule has 0 saturated carbocycles. The lowest BCUT2D eigenvalue weighted by Crippen LogP contribution is -2.48. The fourth-order valence-electron chi connectivity index (χ4n) is 1.31. The molecule has 0 aliphatic carbocycles. The van der Waals surface area contributed by atoms with Gasteiger partial charge in [-0.25, -0.2) is 0 Å². The summed E-state index contributed by atoms with van der Waals surface area (Å²) in [5, 5.41) is 0. The Bertz CT molecular complexity index is 246. The summed E-state index contributed by atoms with van der Waals surface area (Å²) in [4.78, 5) is 9.79. The summed E-state index contributed by atoms with van der Waals surface area (Å²) in [5.41, 5.74) is 0. The van der Waals surface area contributed by atoms with Crippen LogP contribution in [0, 0.1) is 0 Å². The molecule has 1 unspecified atom stereocenters. The summed E-state index contributed by atoms with van der Waals surface area (Å²) in [6, 6.07) is 0. The lowest BCUT2D eigenvalue weighted by atomic mass is 10.4. The smallest absolute Gasteiger partial charge is 0.351 e. The van der Waals surface area contributed by atoms with Crippen molar-refractivity contribution in [2.75, 3.05) is 26.0 Å². The third kappa shape index (κ3) is 6.99. The van der Waals surface area contributed by atoms with Crippen molar-refractivity contribution in [2.24, 2.45) is 0 Å². The number of hydrogen-bond acceptors (Lipinski definition) is 5. The van der Waals surface area contributed by atoms with Crippen LogP contribution in [0.1, 0.15) is 40.5 Å². The lowest BCUT2D eigenvalue weighted by Gasteiger charge is -2.28. The van der Waals surface area contributed by atoms with Crippen LogP contribution in [0.15, 0.2) is 0 Å². The monoisotopic (exact) mass is 300 g/mol. The van der Waals surface area contributed by atoms with Gasteiger partial charge in [-0.05, 0) is 27.2 Å². The average Bonchev–Trinajstić information content (AvgIpc) is 2.27. The van der Waals surface area contributed by atoms with E-state index in [1.54, 1.807) is 20.8 Å². The van der Waals surface area contributed by atoms with Gasteiger partial charge in [-0.1, -0.05) is 13.3 Å². The molecule has 0 amide bonds. The molecule has 0 fully saturated rings. The molecule has 0 aromatic heterocycles. The van der Waals surface area contributed by atoms with E-state index in [2.05, 4.69) is 0 Å². The SMILES string of the molecule is CCCCP(=O)(O)O[Si](OCC)(OCC)OCC. The second-order valence-electron chi connectivity index (χ2n) is 3.60. The first-order valence-electron chi connectivity index (χ1n) is 6.39. The highest BCUT2D eigenvalue weighted by atomic mass is 31.2. The maximum absolute atomic E-state index is 11.9. The molecule has 0 bridgehead atoms. The van der Waals surface area contributed by atoms with E-state index in [4.69, 9.17) is 17.5 Å². The molecule has 0 radical (unpaired) electrons. The topological polar surface area (TPSA) is 74.2 Å². The minimum absolute atomic E-state index is 0.0888. The Balaban J connectivity index is 4.77. The fourth-order valence-corrected chi connectivity index (χ4v) is 5.73. The molecule has 8 heteroatoms. The van der Waals surface area contributed by atoms with Gasteiger partial charge in [-0.3, -0.25) is 8.78 Å². The molecular formula is C10H25O6PSi. The van der Waals surface area contributed by atoms with Gasteiger partial charge in [-0.15, -0.1) is 0 Å². The van der Waals surface area contributed by atoms with Crippen molar-refractivity contribution < 1.29 is 26.9 Å². The van der Waals surface area contributed by atoms with Crippen molar-refractivity contribution in [3.05, 3.63) is 0 Å². The van der Waals surface area contributed by atoms with Gasteiger partial charge < -0.3 is 18.2 Å². The van der Waals surface area contributed by atoms with Crippen molar-refractivity contribution in [3.63, 3.8) is 0 Å². The zero-order valence-corrected chi connectivity index (χ0v) is 13.6. The maximum atomic E-state index is 11.9. The minimum atomic E-state index is -3.73. The van der Waals surface area contributed by atoms with Gasteiger partial charge >= 0.3 is 16.6 Å². The first kappa shape index (κ1) is 18.2. The number of rotatable bonds is 11. The molecule has 0 rings (SSSR count). The molecule has 110 valence electrons. The van der Waals surface area contributed by atoms with Crippen LogP contribution in [0.3, 0.4) is 0 Å². The molecule has 1 atom stereocenters. The van der Waals surface area contributed by atoms with Crippen molar-refractivity contribution in [2.45, 2.75) is 40.5 Å². The normalized spacial score (nSPS) is 15.6. The summed E-state index contributed by atoms with van der Waals surface area (Å²) in [6.45, 7) is 8.14. The van der Waals surface area contributed by atoms with E-state index in [0.717, 1.165) is 6.42 Å². The van der Waals surface area contributed by atoms with Crippen LogP contribution < -0.4 is 0 Å². The van der Waals surface area contributed by atoms with Crippen molar-refractivity contribution >= 4 is 16.6 Å². The van der Waals surface area contributed by atoms with Gasteiger partial charge in [0, 0.05) is 26.0 Å². The first-order chi connectivity index (χ1) is 8.45. The van der Waals surface area contributed by atoms with Gasteiger partial charge in [0.2, 0.25) is 0 Å². The molecule has 6 nitrogen and oxygen atoms in total. The van der Waals surface area contributed by atoms with Crippen molar-refractivity contribution in [1.29, 1.82) is 0 Å². The molecular weight excluding hydrogens is 275 g/mol. The average molecular weight is 300 g/mol. The van der Waals surface area contributed by atoms with Crippen molar-refractivity contribution in [1.82, 2.24) is 0 Å². The van der Waals surface area contributed by atoms with Crippen LogP contribution in [0.25, 0.3) is 0 Å². The Morgan fingerprint density at radius 1 is 1.00 bits per heavy atom. The van der Waals surface area contributed by atoms with Gasteiger partial charge in [0.15, 0.2) is 0 Å². The molecule has 0 aromatic carbocycles. The Morgan fingerprint density at radius 3 is 1.78 bits per heavy atom. The van der Waals surface area contributed by atoms with E-state index >= 15 is 0 Å². The van der Waals surface area contributed by atoms with Gasteiger partial charge in [0.1, 0.15) is 0 Å². The van der Waals surface area contributed by atoms with Gasteiger partial charge in [0.25, 0.3) is 0 Å². The number of hydrogen-bond donors (Lipinski definition) is 1. The second kappa shape index (κ2) is 9.20. The van der Waals surface area contributed by atoms with E-state index < -0.39 is 16.6 Å². The lowest BCUT2D eigenvalue weighted by molar-refractivity contribution is 0.00694. The van der Waals surface area contributed by atoms with Crippen LogP contribution in [0.4, 0.5) is 0 Å². The zero-order valence-electron chi connectivity index (χ0n) is 11.7. The highest BCUT2D eigenvalue weighted by Crippen LogP contribution is 2.46. The molecule has 0 spiro atoms. The van der Waals surface area contributed by atoms with Crippen LogP contribution in [0.2, 0.25) is 0 Å². The molecule has 0 aliphatic rings. The summed E-state index contributed by atoms with van der Waals surface area (Å²) in [7, 11) is -7.23. The number of unbranched alkanes of at least 4 members (excludes halogenated alkanes) is 1. The summed E-state index contributed by atoms with van der Waals surface area (Å²) in [6.07, 6.45) is 1.52. The van der Waals surface area contributed by atoms with E-state index in [1.807, 2.05) is 6.92 Å². The van der Waals surface area contributed by atoms with Crippen LogP contribution in [-0.4, -0.2) is 39.9 Å². The van der Waals surface area contributed by atoms with Crippen LogP contribution in [0.5, 0.6) is 0 Å². The largest absolute Gasteiger partial charge is 0.686 e. The third-order valence-electron chi connectivity index (χ3n) is 2.01. The van der Waals surface area contributed by atoms with E-state index in [9.17, 15) is 9.46 Å². The highest BCUT2D eigenvalue weighted by Gasteiger charge is 2.50. The Labute approximate surface area is 111 Å². The predicted octanol–water partition coefficient (Wildman–Crippen LogP) is 2.53. The predicted molar refractivity (Wildman–Crippen MR) is 71.3 cm³/mol. The van der Waals surface area contributed by atoms with Crippen molar-refractivity contribution in [3.8, 4) is 0 Å². The van der Waals surface area contributed by atoms with Gasteiger partial charge in [-0.2, -0.15) is 0 Å². The first-order valence-corrected chi connectivity index (χ1v) is 9.79. The summed E-state index contributed by atoms with van der Waals surface area (Å²) >= 11 is 0. The quantitative estimate of drug-likeness (QED) is 0.467. The van der Waals surface area contributed by atoms with Crippen LogP contribution in [-0.2, 0) is 22.1 Å². The third-order valence-corrected chi connectivity index (χ3v) is 6.86. The summed E-state index contributed by atoms with van der Waals surface area (Å²) in [5.74, 6) is 0. The Morgan fingerprint density at radius 2 is 1.44 bits per heavy atom. The van der Waals surface area contributed by atoms with E-state index in [-0.39, 0.29) is 6.16 Å². The highest BCUT2D eigenvalue weighted by molar-refractivity contribution is 7.54. The van der Waals surface area contributed by atoms with Gasteiger partial charge in [0.05, 0.1) is 0 Å². The van der Waals surface area contributed by atoms with E-state index in [0.29, 0.717) is 26.2 Å². The molecule has 18 heavy (non-hydrogen) atoms. The molecule has 0 aliphatic heterocycles. The molecule has 0 heterocycles. The zero-order chi connectivity index (χ0) is 14.1. The standard InChI is InChI=1S/C10H25O6PSi/c1-5-9-10-17(11,12)16-18(13-6-2,14-7-3)15-8-4/h5-10H2,1-4H3,(H,11,12). The molecule has 0 saturated heterocycles. The maximum Gasteiger partial charge on any atom is 0.686 e. The van der Waals surface area contributed by atoms with E-state index in [1.165, 1.54) is 0 Å². The van der Waals surface area contributed by atoms with Crippen LogP contribution >= 0.6 is 7.60 Å². The second-order valence-corrected chi connectivity index (χ2v) is 7.92. The Kier molecular flexibility index (Phi) is 9.32. The molecule has 1 N–H and O–H groups in total. The summed E-state index contributed by atoms with van der Waals surface area (Å²) < 4.78 is 33.3.